The fourth-order valence-electron chi connectivity index (χ4n) is 3.15. The van der Waals surface area contributed by atoms with Crippen molar-refractivity contribution in [1.29, 1.82) is 0 Å². The highest BCUT2D eigenvalue weighted by Crippen LogP contribution is 2.27. The first-order valence-corrected chi connectivity index (χ1v) is 12.0. The first-order chi connectivity index (χ1) is 15.6. The molecule has 33 heavy (non-hydrogen) atoms. The summed E-state index contributed by atoms with van der Waals surface area (Å²) in [5, 5.41) is 2.60. The highest BCUT2D eigenvalue weighted by molar-refractivity contribution is 7.92. The summed E-state index contributed by atoms with van der Waals surface area (Å²) in [6.07, 6.45) is 0. The number of hydrogen-bond acceptors (Lipinski definition) is 5. The molecule has 0 heterocycles. The largest absolute Gasteiger partial charge is 0.462 e. The van der Waals surface area contributed by atoms with E-state index < -0.39 is 21.9 Å². The van der Waals surface area contributed by atoms with Crippen molar-refractivity contribution in [3.05, 3.63) is 87.9 Å². The number of halogens is 1. The smallest absolute Gasteiger partial charge is 0.340 e. The predicted molar refractivity (Wildman–Crippen MR) is 129 cm³/mol. The van der Waals surface area contributed by atoms with E-state index in [2.05, 4.69) is 10.0 Å². The van der Waals surface area contributed by atoms with Crippen molar-refractivity contribution in [3.63, 3.8) is 0 Å². The summed E-state index contributed by atoms with van der Waals surface area (Å²) in [4.78, 5) is 24.8. The molecule has 0 aromatic heterocycles. The van der Waals surface area contributed by atoms with E-state index in [1.165, 1.54) is 24.3 Å². The Morgan fingerprint density at radius 3 is 2.39 bits per heavy atom. The third-order valence-electron chi connectivity index (χ3n) is 4.78. The summed E-state index contributed by atoms with van der Waals surface area (Å²) < 4.78 is 33.6. The number of ether oxygens (including phenoxy) is 1. The fourth-order valence-corrected chi connectivity index (χ4v) is 4.81. The molecule has 0 aliphatic heterocycles. The van der Waals surface area contributed by atoms with Crippen LogP contribution in [0.3, 0.4) is 0 Å². The van der Waals surface area contributed by atoms with Crippen LogP contribution in [0.4, 0.5) is 11.4 Å². The second-order valence-corrected chi connectivity index (χ2v) is 9.35. The van der Waals surface area contributed by atoms with E-state index in [1.54, 1.807) is 44.2 Å². The van der Waals surface area contributed by atoms with E-state index in [9.17, 15) is 18.0 Å². The minimum absolute atomic E-state index is 0.0317. The van der Waals surface area contributed by atoms with E-state index in [0.29, 0.717) is 5.69 Å². The topological polar surface area (TPSA) is 102 Å². The number of rotatable bonds is 7. The van der Waals surface area contributed by atoms with Gasteiger partial charge in [-0.2, -0.15) is 0 Å². The molecule has 0 aliphatic rings. The van der Waals surface area contributed by atoms with Gasteiger partial charge in [-0.25, -0.2) is 13.2 Å². The SMILES string of the molecule is CCOC(=O)c1ccccc1NC(=O)c1ccc(Cl)c(S(=O)(=O)Nc2ccc(C)cc2C)c1. The first-order valence-electron chi connectivity index (χ1n) is 10.1. The van der Waals surface area contributed by atoms with Crippen molar-refractivity contribution in [2.45, 2.75) is 25.7 Å². The zero-order valence-corrected chi connectivity index (χ0v) is 19.9. The number of para-hydroxylation sites is 1. The van der Waals surface area contributed by atoms with Crippen molar-refractivity contribution >= 4 is 44.9 Å². The molecule has 1 amide bonds. The number of sulfonamides is 1. The van der Waals surface area contributed by atoms with Crippen LogP contribution in [0.1, 0.15) is 38.8 Å². The number of benzene rings is 3. The van der Waals surface area contributed by atoms with Crippen LogP contribution in [-0.2, 0) is 14.8 Å². The van der Waals surface area contributed by atoms with Crippen LogP contribution in [0, 0.1) is 13.8 Å². The molecule has 2 N–H and O–H groups in total. The lowest BCUT2D eigenvalue weighted by Crippen LogP contribution is -2.18. The summed E-state index contributed by atoms with van der Waals surface area (Å²) in [5.74, 6) is -1.18. The summed E-state index contributed by atoms with van der Waals surface area (Å²) in [5.41, 5.74) is 2.64. The van der Waals surface area contributed by atoms with Gasteiger partial charge in [0.25, 0.3) is 15.9 Å². The van der Waals surface area contributed by atoms with Gasteiger partial charge in [-0.05, 0) is 62.7 Å². The molecule has 0 bridgehead atoms. The maximum atomic E-state index is 13.0. The number of aryl methyl sites for hydroxylation is 2. The molecule has 0 radical (unpaired) electrons. The number of anilines is 2. The Morgan fingerprint density at radius 2 is 1.70 bits per heavy atom. The number of esters is 1. The molecule has 0 atom stereocenters. The second-order valence-electron chi connectivity index (χ2n) is 7.29. The lowest BCUT2D eigenvalue weighted by atomic mass is 10.1. The van der Waals surface area contributed by atoms with Gasteiger partial charge in [-0.15, -0.1) is 0 Å². The molecule has 0 spiro atoms. The van der Waals surface area contributed by atoms with Gasteiger partial charge in [0.15, 0.2) is 0 Å². The number of carbonyl (C=O) groups excluding carboxylic acids is 2. The maximum Gasteiger partial charge on any atom is 0.340 e. The van der Waals surface area contributed by atoms with Gasteiger partial charge in [-0.3, -0.25) is 9.52 Å². The molecule has 0 aliphatic carbocycles. The van der Waals surface area contributed by atoms with E-state index in [4.69, 9.17) is 16.3 Å². The Hall–Kier alpha value is -3.36. The van der Waals surface area contributed by atoms with E-state index >= 15 is 0 Å². The highest BCUT2D eigenvalue weighted by Gasteiger charge is 2.22. The summed E-state index contributed by atoms with van der Waals surface area (Å²) >= 11 is 6.17. The molecule has 0 saturated carbocycles. The molecular formula is C24H23ClN2O5S. The average Bonchev–Trinajstić information content (AvgIpc) is 2.76. The van der Waals surface area contributed by atoms with Crippen molar-refractivity contribution in [2.75, 3.05) is 16.6 Å². The van der Waals surface area contributed by atoms with Gasteiger partial charge < -0.3 is 10.1 Å². The zero-order chi connectivity index (χ0) is 24.2. The predicted octanol–water partition coefficient (Wildman–Crippen LogP) is 5.19. The Morgan fingerprint density at radius 1 is 0.970 bits per heavy atom. The van der Waals surface area contributed by atoms with Crippen molar-refractivity contribution in [3.8, 4) is 0 Å². The molecular weight excluding hydrogens is 464 g/mol. The molecule has 0 saturated heterocycles. The molecule has 7 nitrogen and oxygen atoms in total. The third-order valence-corrected chi connectivity index (χ3v) is 6.63. The van der Waals surface area contributed by atoms with Gasteiger partial charge in [0, 0.05) is 5.56 Å². The summed E-state index contributed by atoms with van der Waals surface area (Å²) in [7, 11) is -4.07. The standard InChI is InChI=1S/C24H23ClN2O5S/c1-4-32-24(29)18-7-5-6-8-21(18)26-23(28)17-10-11-19(25)22(14-17)33(30,31)27-20-12-9-15(2)13-16(20)3/h5-14,27H,4H2,1-3H3,(H,26,28). The monoisotopic (exact) mass is 486 g/mol. The van der Waals surface area contributed by atoms with Crippen molar-refractivity contribution in [1.82, 2.24) is 0 Å². The molecule has 3 aromatic rings. The minimum atomic E-state index is -4.07. The normalized spacial score (nSPS) is 11.0. The molecule has 0 fully saturated rings. The number of nitrogens with one attached hydrogen (secondary N) is 2. The lowest BCUT2D eigenvalue weighted by Gasteiger charge is -2.14. The Bertz CT molecular complexity index is 1320. The summed E-state index contributed by atoms with van der Waals surface area (Å²) in [6.45, 7) is 5.57. The Labute approximate surface area is 197 Å². The van der Waals surface area contributed by atoms with Gasteiger partial charge in [0.1, 0.15) is 4.90 Å². The molecule has 172 valence electrons. The fraction of sp³-hybridized carbons (Fsp3) is 0.167. The number of carbonyl (C=O) groups is 2. The molecule has 3 rings (SSSR count). The van der Waals surface area contributed by atoms with E-state index in [-0.39, 0.29) is 33.3 Å². The van der Waals surface area contributed by atoms with Crippen LogP contribution < -0.4 is 10.0 Å². The quantitative estimate of drug-likeness (QED) is 0.448. The Balaban J connectivity index is 1.90. The van der Waals surface area contributed by atoms with Crippen LogP contribution in [0.25, 0.3) is 0 Å². The molecule has 9 heteroatoms. The van der Waals surface area contributed by atoms with Gasteiger partial charge in [-0.1, -0.05) is 41.4 Å². The minimum Gasteiger partial charge on any atom is -0.462 e. The van der Waals surface area contributed by atoms with Gasteiger partial charge in [0.05, 0.1) is 28.6 Å². The zero-order valence-electron chi connectivity index (χ0n) is 18.3. The first kappa shape index (κ1) is 24.3. The average molecular weight is 487 g/mol. The highest BCUT2D eigenvalue weighted by atomic mass is 35.5. The van der Waals surface area contributed by atoms with Gasteiger partial charge in [0.2, 0.25) is 0 Å². The van der Waals surface area contributed by atoms with Crippen molar-refractivity contribution < 1.29 is 22.7 Å². The van der Waals surface area contributed by atoms with Crippen LogP contribution in [-0.4, -0.2) is 26.9 Å². The third kappa shape index (κ3) is 5.71. The number of hydrogen-bond donors (Lipinski definition) is 2. The van der Waals surface area contributed by atoms with Gasteiger partial charge >= 0.3 is 5.97 Å². The van der Waals surface area contributed by atoms with E-state index in [1.807, 2.05) is 13.0 Å². The van der Waals surface area contributed by atoms with Crippen molar-refractivity contribution in [2.24, 2.45) is 0 Å². The maximum absolute atomic E-state index is 13.0. The van der Waals surface area contributed by atoms with Crippen LogP contribution in [0.2, 0.25) is 5.02 Å². The molecule has 3 aromatic carbocycles. The summed E-state index contributed by atoms with van der Waals surface area (Å²) in [6, 6.07) is 15.6. The molecule has 0 unspecified atom stereocenters. The second kappa shape index (κ2) is 10.1. The van der Waals surface area contributed by atoms with Crippen LogP contribution in [0.5, 0.6) is 0 Å². The number of amides is 1. The van der Waals surface area contributed by atoms with Crippen LogP contribution >= 0.6 is 11.6 Å². The lowest BCUT2D eigenvalue weighted by molar-refractivity contribution is 0.0527. The Kier molecular flexibility index (Phi) is 7.40. The van der Waals surface area contributed by atoms with Crippen LogP contribution in [0.15, 0.2) is 65.6 Å². The van der Waals surface area contributed by atoms with E-state index in [0.717, 1.165) is 11.1 Å².